The number of rotatable bonds is 21. The van der Waals surface area contributed by atoms with E-state index in [4.69, 9.17) is 4.74 Å². The number of ether oxygens (including phenoxy) is 1. The van der Waals surface area contributed by atoms with Crippen molar-refractivity contribution in [2.75, 3.05) is 6.61 Å². The molecule has 0 radical (unpaired) electrons. The van der Waals surface area contributed by atoms with Gasteiger partial charge < -0.3 is 4.74 Å². The van der Waals surface area contributed by atoms with Gasteiger partial charge in [0.25, 0.3) is 0 Å². The number of carbonyl (C=O) groups is 1. The third kappa shape index (κ3) is 21.7. The first-order chi connectivity index (χ1) is 14.1. The van der Waals surface area contributed by atoms with E-state index in [1.54, 1.807) is 0 Å². The average Bonchev–Trinajstić information content (AvgIpc) is 2.71. The van der Waals surface area contributed by atoms with E-state index in [-0.39, 0.29) is 5.97 Å². The van der Waals surface area contributed by atoms with Gasteiger partial charge in [0.15, 0.2) is 0 Å². The van der Waals surface area contributed by atoms with Gasteiger partial charge in [-0.15, -0.1) is 0 Å². The maximum absolute atomic E-state index is 11.8. The van der Waals surface area contributed by atoms with E-state index in [2.05, 4.69) is 33.8 Å². The van der Waals surface area contributed by atoms with Crippen molar-refractivity contribution in [3.05, 3.63) is 11.6 Å². The van der Waals surface area contributed by atoms with Gasteiger partial charge in [-0.05, 0) is 44.9 Å². The molecule has 1 unspecified atom stereocenters. The van der Waals surface area contributed by atoms with Crippen molar-refractivity contribution >= 4 is 5.97 Å². The first kappa shape index (κ1) is 28.2. The molecule has 2 heteroatoms. The highest BCUT2D eigenvalue weighted by Gasteiger charge is 2.06. The highest BCUT2D eigenvalue weighted by Crippen LogP contribution is 2.14. The van der Waals surface area contributed by atoms with Crippen LogP contribution in [0.3, 0.4) is 0 Å². The van der Waals surface area contributed by atoms with Crippen molar-refractivity contribution in [2.45, 2.75) is 143 Å². The Morgan fingerprint density at radius 1 is 0.793 bits per heavy atom. The lowest BCUT2D eigenvalue weighted by molar-refractivity contribution is -0.144. The highest BCUT2D eigenvalue weighted by molar-refractivity contribution is 5.69. The molecule has 0 spiro atoms. The van der Waals surface area contributed by atoms with Crippen LogP contribution >= 0.6 is 0 Å². The smallest absolute Gasteiger partial charge is 0.305 e. The van der Waals surface area contributed by atoms with Crippen molar-refractivity contribution in [3.8, 4) is 0 Å². The summed E-state index contributed by atoms with van der Waals surface area (Å²) in [6.07, 6.45) is 24.8. The van der Waals surface area contributed by atoms with Crippen LogP contribution in [-0.2, 0) is 9.53 Å². The molecule has 2 nitrogen and oxygen atoms in total. The lowest BCUT2D eigenvalue weighted by atomic mass is 10.0. The molecular formula is C27H52O2. The highest BCUT2D eigenvalue weighted by atomic mass is 16.5. The molecule has 172 valence electrons. The summed E-state index contributed by atoms with van der Waals surface area (Å²) in [5.41, 5.74) is 1.47. The van der Waals surface area contributed by atoms with Gasteiger partial charge in [-0.1, -0.05) is 109 Å². The van der Waals surface area contributed by atoms with E-state index in [0.717, 1.165) is 25.7 Å². The molecule has 0 heterocycles. The zero-order chi connectivity index (χ0) is 21.6. The van der Waals surface area contributed by atoms with Gasteiger partial charge in [0, 0.05) is 6.42 Å². The van der Waals surface area contributed by atoms with Crippen LogP contribution in [0.1, 0.15) is 143 Å². The molecule has 0 saturated heterocycles. The Kier molecular flexibility index (Phi) is 21.3. The SMILES string of the molecule is CCCCCCCCCCCCCCCC(=O)OCCC(C)CC/C=C(/C)CC. The van der Waals surface area contributed by atoms with E-state index in [1.807, 2.05) is 0 Å². The zero-order valence-electron chi connectivity index (χ0n) is 20.4. The molecule has 0 bridgehead atoms. The lowest BCUT2D eigenvalue weighted by Crippen LogP contribution is -2.08. The van der Waals surface area contributed by atoms with Gasteiger partial charge in [-0.3, -0.25) is 4.79 Å². The van der Waals surface area contributed by atoms with Crippen LogP contribution in [0.5, 0.6) is 0 Å². The molecule has 0 amide bonds. The molecule has 0 aliphatic carbocycles. The molecule has 0 aromatic carbocycles. The predicted octanol–water partition coefficient (Wildman–Crippen LogP) is 9.17. The summed E-state index contributed by atoms with van der Waals surface area (Å²) in [5, 5.41) is 0. The predicted molar refractivity (Wildman–Crippen MR) is 128 cm³/mol. The normalized spacial score (nSPS) is 12.9. The molecule has 0 aromatic heterocycles. The second-order valence-corrected chi connectivity index (χ2v) is 9.09. The quantitative estimate of drug-likeness (QED) is 0.107. The Bertz CT molecular complexity index is 386. The van der Waals surface area contributed by atoms with E-state index < -0.39 is 0 Å². The molecule has 0 aliphatic rings. The minimum Gasteiger partial charge on any atom is -0.466 e. The summed E-state index contributed by atoms with van der Waals surface area (Å²) >= 11 is 0. The van der Waals surface area contributed by atoms with Crippen molar-refractivity contribution in [2.24, 2.45) is 5.92 Å². The minimum atomic E-state index is 0.00185. The Balaban J connectivity index is 3.33. The standard InChI is InChI=1S/C27H52O2/c1-5-7-8-9-10-11-12-13-14-15-16-17-18-22-27(28)29-24-23-26(4)21-19-20-25(3)6-2/h20,26H,5-19,21-24H2,1-4H3/b25-20-. The first-order valence-electron chi connectivity index (χ1n) is 12.9. The number of esters is 1. The first-order valence-corrected chi connectivity index (χ1v) is 12.9. The van der Waals surface area contributed by atoms with Gasteiger partial charge in [0.05, 0.1) is 6.61 Å². The van der Waals surface area contributed by atoms with Crippen LogP contribution in [-0.4, -0.2) is 12.6 Å². The molecule has 0 rings (SSSR count). The molecule has 29 heavy (non-hydrogen) atoms. The van der Waals surface area contributed by atoms with E-state index in [1.165, 1.54) is 89.0 Å². The number of unbranched alkanes of at least 4 members (excludes halogenated alkanes) is 12. The number of hydrogen-bond donors (Lipinski definition) is 0. The number of carbonyl (C=O) groups excluding carboxylic acids is 1. The molecule has 0 aliphatic heterocycles. The summed E-state index contributed by atoms with van der Waals surface area (Å²) in [6, 6.07) is 0. The molecule has 0 aromatic rings. The van der Waals surface area contributed by atoms with Gasteiger partial charge >= 0.3 is 5.97 Å². The summed E-state index contributed by atoms with van der Waals surface area (Å²) in [5.74, 6) is 0.627. The van der Waals surface area contributed by atoms with Crippen molar-refractivity contribution in [1.82, 2.24) is 0 Å². The second kappa shape index (κ2) is 21.9. The largest absolute Gasteiger partial charge is 0.466 e. The van der Waals surface area contributed by atoms with Crippen LogP contribution in [0.4, 0.5) is 0 Å². The Morgan fingerprint density at radius 3 is 1.83 bits per heavy atom. The third-order valence-corrected chi connectivity index (χ3v) is 6.07. The van der Waals surface area contributed by atoms with Crippen molar-refractivity contribution < 1.29 is 9.53 Å². The fourth-order valence-electron chi connectivity index (χ4n) is 3.64. The molecular weight excluding hydrogens is 356 g/mol. The van der Waals surface area contributed by atoms with Crippen LogP contribution < -0.4 is 0 Å². The van der Waals surface area contributed by atoms with Gasteiger partial charge in [-0.2, -0.15) is 0 Å². The lowest BCUT2D eigenvalue weighted by Gasteiger charge is -2.11. The molecule has 0 N–H and O–H groups in total. The van der Waals surface area contributed by atoms with Crippen LogP contribution in [0, 0.1) is 5.92 Å². The Hall–Kier alpha value is -0.790. The second-order valence-electron chi connectivity index (χ2n) is 9.09. The summed E-state index contributed by atoms with van der Waals surface area (Å²) < 4.78 is 5.41. The summed E-state index contributed by atoms with van der Waals surface area (Å²) in [7, 11) is 0. The van der Waals surface area contributed by atoms with E-state index in [9.17, 15) is 4.79 Å². The maximum Gasteiger partial charge on any atom is 0.305 e. The molecule has 0 saturated carbocycles. The van der Waals surface area contributed by atoms with Gasteiger partial charge in [-0.25, -0.2) is 0 Å². The summed E-state index contributed by atoms with van der Waals surface area (Å²) in [4.78, 5) is 11.8. The summed E-state index contributed by atoms with van der Waals surface area (Å²) in [6.45, 7) is 9.53. The number of hydrogen-bond acceptors (Lipinski definition) is 2. The van der Waals surface area contributed by atoms with Gasteiger partial charge in [0.1, 0.15) is 0 Å². The minimum absolute atomic E-state index is 0.00185. The van der Waals surface area contributed by atoms with Crippen molar-refractivity contribution in [1.29, 1.82) is 0 Å². The van der Waals surface area contributed by atoms with Crippen molar-refractivity contribution in [3.63, 3.8) is 0 Å². The molecule has 0 fully saturated rings. The van der Waals surface area contributed by atoms with Crippen LogP contribution in [0.2, 0.25) is 0 Å². The fourth-order valence-corrected chi connectivity index (χ4v) is 3.64. The van der Waals surface area contributed by atoms with Gasteiger partial charge in [0.2, 0.25) is 0 Å². The average molecular weight is 409 g/mol. The van der Waals surface area contributed by atoms with E-state index >= 15 is 0 Å². The Morgan fingerprint density at radius 2 is 1.31 bits per heavy atom. The van der Waals surface area contributed by atoms with Crippen LogP contribution in [0.25, 0.3) is 0 Å². The fraction of sp³-hybridized carbons (Fsp3) is 0.889. The third-order valence-electron chi connectivity index (χ3n) is 6.07. The Labute approximate surface area is 183 Å². The topological polar surface area (TPSA) is 26.3 Å². The van der Waals surface area contributed by atoms with E-state index in [0.29, 0.717) is 18.9 Å². The maximum atomic E-state index is 11.8. The monoisotopic (exact) mass is 408 g/mol. The number of allylic oxidation sites excluding steroid dienone is 2. The van der Waals surface area contributed by atoms with Crippen LogP contribution in [0.15, 0.2) is 11.6 Å². The molecule has 1 atom stereocenters. The zero-order valence-corrected chi connectivity index (χ0v) is 20.4.